The summed E-state index contributed by atoms with van der Waals surface area (Å²) >= 11 is 0. The quantitative estimate of drug-likeness (QED) is 0.0146. The van der Waals surface area contributed by atoms with Gasteiger partial charge in [0.1, 0.15) is 25.4 Å². The van der Waals surface area contributed by atoms with Gasteiger partial charge in [0.15, 0.2) is 6.10 Å². The van der Waals surface area contributed by atoms with Gasteiger partial charge in [-0.25, -0.2) is 9.13 Å². The summed E-state index contributed by atoms with van der Waals surface area (Å²) in [6, 6.07) is 0. The number of rotatable bonds is 86. The Morgan fingerprint density at radius 2 is 0.442 bits per heavy atom. The van der Waals surface area contributed by atoms with E-state index in [9.17, 15) is 43.5 Å². The molecular weight excluding hydrogens is 1460 g/mol. The van der Waals surface area contributed by atoms with E-state index >= 15 is 0 Å². The van der Waals surface area contributed by atoms with E-state index in [2.05, 4.69) is 154 Å². The minimum Gasteiger partial charge on any atom is -0.463 e. The molecule has 652 valence electrons. The predicted molar refractivity (Wildman–Crippen MR) is 473 cm³/mol. The van der Waals surface area contributed by atoms with E-state index in [0.29, 0.717) is 19.3 Å². The molecule has 5 unspecified atom stereocenters. The van der Waals surface area contributed by atoms with Crippen molar-refractivity contribution < 1.29 is 75.8 Å². The third-order valence-corrected chi connectivity index (χ3v) is 21.2. The van der Waals surface area contributed by atoms with Crippen molar-refractivity contribution in [3.8, 4) is 0 Å². The molecule has 0 aromatic heterocycles. The Bertz CT molecular complexity index is 2580. The molecule has 0 fully saturated rings. The summed E-state index contributed by atoms with van der Waals surface area (Å²) in [5, 5.41) is 20.7. The zero-order chi connectivity index (χ0) is 82.2. The molecule has 0 aliphatic carbocycles. The van der Waals surface area contributed by atoms with E-state index in [1.807, 2.05) is 0 Å². The highest BCUT2D eigenvalue weighted by Gasteiger charge is 2.29. The molecule has 0 rings (SSSR count). The van der Waals surface area contributed by atoms with Gasteiger partial charge in [0.2, 0.25) is 0 Å². The van der Waals surface area contributed by atoms with Crippen molar-refractivity contribution in [3.05, 3.63) is 134 Å². The number of carbonyl (C=O) groups is 3. The second-order valence-electron chi connectivity index (χ2n) is 30.4. The van der Waals surface area contributed by atoms with Crippen molar-refractivity contribution in [2.45, 2.75) is 411 Å². The number of phosphoric ester groups is 2. The fourth-order valence-electron chi connectivity index (χ4n) is 12.4. The number of unbranched alkanes of at least 4 members (excludes halogenated alkanes) is 41. The third-order valence-electron chi connectivity index (χ3n) is 19.3. The van der Waals surface area contributed by atoms with Crippen LogP contribution in [0.4, 0.5) is 0 Å². The van der Waals surface area contributed by atoms with Crippen LogP contribution < -0.4 is 0 Å². The number of ether oxygens (including phenoxy) is 3. The molecule has 18 heteroatoms. The van der Waals surface area contributed by atoms with E-state index in [0.717, 1.165) is 154 Å². The molecule has 0 aliphatic rings. The van der Waals surface area contributed by atoms with Crippen LogP contribution in [0.5, 0.6) is 0 Å². The van der Waals surface area contributed by atoms with E-state index in [4.69, 9.17) is 32.3 Å². The van der Waals surface area contributed by atoms with Crippen molar-refractivity contribution in [3.63, 3.8) is 0 Å². The maximum absolute atomic E-state index is 13.0. The first-order chi connectivity index (χ1) is 55.2. The van der Waals surface area contributed by atoms with Crippen LogP contribution in [0.2, 0.25) is 0 Å². The zero-order valence-corrected chi connectivity index (χ0v) is 73.6. The molecule has 5 atom stereocenters. The first-order valence-corrected chi connectivity index (χ1v) is 48.5. The highest BCUT2D eigenvalue weighted by atomic mass is 31.2. The van der Waals surface area contributed by atoms with E-state index in [1.54, 1.807) is 0 Å². The van der Waals surface area contributed by atoms with Gasteiger partial charge in [0.05, 0.1) is 26.4 Å². The number of hydrogen-bond acceptors (Lipinski definition) is 14. The highest BCUT2D eigenvalue weighted by Crippen LogP contribution is 2.45. The van der Waals surface area contributed by atoms with Gasteiger partial charge in [-0.3, -0.25) is 32.5 Å². The SMILES string of the molecule is CCCCC/C=C\C/C=C\C/C=C\C/C=C\CCCCCCCCCCCCCCCC(=O)OCC(O)COP(=O)(O)OCC(O)COP(=O)(O)OCC(COC(=O)CCCCCCCCCCCCCCC/C=C\C/C=C\C/C=C\C/C=C\CCCCC)OC(=O)CCCCCCCC/C=C\C/C=C\C/C=C\CCCCC. The van der Waals surface area contributed by atoms with Crippen molar-refractivity contribution in [1.82, 2.24) is 0 Å². The van der Waals surface area contributed by atoms with Gasteiger partial charge < -0.3 is 34.2 Å². The Balaban J connectivity index is 4.58. The van der Waals surface area contributed by atoms with Crippen LogP contribution in [0.3, 0.4) is 0 Å². The van der Waals surface area contributed by atoms with Crippen molar-refractivity contribution in [2.24, 2.45) is 0 Å². The van der Waals surface area contributed by atoms with E-state index in [1.165, 1.54) is 180 Å². The third kappa shape index (κ3) is 88.3. The Labute approximate surface area is 690 Å². The molecule has 113 heavy (non-hydrogen) atoms. The number of carbonyl (C=O) groups excluding carboxylic acids is 3. The summed E-state index contributed by atoms with van der Waals surface area (Å²) in [4.78, 5) is 59.0. The van der Waals surface area contributed by atoms with E-state index < -0.39 is 91.5 Å². The van der Waals surface area contributed by atoms with E-state index in [-0.39, 0.29) is 19.3 Å². The zero-order valence-electron chi connectivity index (χ0n) is 71.8. The van der Waals surface area contributed by atoms with Crippen LogP contribution in [0.25, 0.3) is 0 Å². The Morgan fingerprint density at radius 3 is 0.699 bits per heavy atom. The van der Waals surface area contributed by atoms with Crippen LogP contribution in [-0.2, 0) is 55.8 Å². The maximum Gasteiger partial charge on any atom is 0.472 e. The molecule has 0 spiro atoms. The lowest BCUT2D eigenvalue weighted by Crippen LogP contribution is -2.30. The largest absolute Gasteiger partial charge is 0.472 e. The highest BCUT2D eigenvalue weighted by molar-refractivity contribution is 7.47. The summed E-state index contributed by atoms with van der Waals surface area (Å²) in [5.41, 5.74) is 0. The Hall–Kier alpha value is -4.31. The predicted octanol–water partition coefficient (Wildman–Crippen LogP) is 27.8. The topological polar surface area (TPSA) is 231 Å². The molecule has 16 nitrogen and oxygen atoms in total. The monoisotopic (exact) mass is 1630 g/mol. The molecule has 0 amide bonds. The standard InChI is InChI=1S/C95H166O16P2/c1-4-7-10-13-16-19-22-25-28-31-34-36-38-40-42-44-46-48-50-52-55-57-60-63-66-69-72-75-78-81-93(98)105-84-90(96)85-107-112(101,102)108-86-91(97)87-109-113(103,104)110-89-92(111-95(100)83-80-77-74-71-68-65-62-59-54-33-30-27-24-21-18-15-12-9-6-3)88-106-94(99)82-79-76-73-70-67-64-61-58-56-53-51-49-47-45-43-41-39-37-35-32-29-26-23-20-17-14-11-8-5-2/h16-21,25-30,34-37,40-43,54,59,90-92,96-97H,4-15,22-24,31-33,38-39,44-53,55-58,60-89H2,1-3H3,(H,101,102)(H,103,104)/b19-16-,20-17-,21-18-,28-25-,29-26-,30-27-,36-34-,37-35-,42-40-,43-41-,59-54-. The van der Waals surface area contributed by atoms with Gasteiger partial charge in [-0.2, -0.15) is 0 Å². The lowest BCUT2D eigenvalue weighted by molar-refractivity contribution is -0.161. The molecule has 0 bridgehead atoms. The second-order valence-corrected chi connectivity index (χ2v) is 33.3. The van der Waals surface area contributed by atoms with Crippen LogP contribution in [0, 0.1) is 0 Å². The summed E-state index contributed by atoms with van der Waals surface area (Å²) < 4.78 is 61.4. The average molecular weight is 1630 g/mol. The van der Waals surface area contributed by atoms with Crippen LogP contribution in [-0.4, -0.2) is 95.9 Å². The van der Waals surface area contributed by atoms with Crippen LogP contribution in [0.15, 0.2) is 134 Å². The van der Waals surface area contributed by atoms with Gasteiger partial charge in [0.25, 0.3) is 0 Å². The first-order valence-electron chi connectivity index (χ1n) is 45.5. The molecule has 0 aromatic carbocycles. The summed E-state index contributed by atoms with van der Waals surface area (Å²) in [5.74, 6) is -1.58. The van der Waals surface area contributed by atoms with Crippen molar-refractivity contribution in [2.75, 3.05) is 39.6 Å². The van der Waals surface area contributed by atoms with Gasteiger partial charge in [-0.1, -0.05) is 360 Å². The van der Waals surface area contributed by atoms with Gasteiger partial charge in [-0.15, -0.1) is 0 Å². The number of hydrogen-bond donors (Lipinski definition) is 4. The Morgan fingerprint density at radius 1 is 0.248 bits per heavy atom. The summed E-state index contributed by atoms with van der Waals surface area (Å²) in [7, 11) is -9.81. The molecule has 0 aliphatic heterocycles. The molecule has 0 aromatic rings. The molecular formula is C95H166O16P2. The number of esters is 3. The second kappa shape index (κ2) is 87.0. The average Bonchev–Trinajstić information content (AvgIpc) is 0.899. The smallest absolute Gasteiger partial charge is 0.463 e. The Kier molecular flexibility index (Phi) is 83.7. The molecule has 0 saturated carbocycles. The minimum absolute atomic E-state index is 0.0885. The number of aliphatic hydroxyl groups is 2. The molecule has 0 radical (unpaired) electrons. The van der Waals surface area contributed by atoms with Crippen molar-refractivity contribution >= 4 is 33.6 Å². The van der Waals surface area contributed by atoms with Gasteiger partial charge in [-0.05, 0) is 148 Å². The van der Waals surface area contributed by atoms with Crippen molar-refractivity contribution in [1.29, 1.82) is 0 Å². The molecule has 0 heterocycles. The fraction of sp³-hybridized carbons (Fsp3) is 0.737. The normalized spacial score (nSPS) is 14.4. The van der Waals surface area contributed by atoms with Gasteiger partial charge >= 0.3 is 33.6 Å². The lowest BCUT2D eigenvalue weighted by atomic mass is 10.0. The summed E-state index contributed by atoms with van der Waals surface area (Å²) in [6.07, 6.45) is 108. The van der Waals surface area contributed by atoms with Gasteiger partial charge in [0, 0.05) is 19.3 Å². The maximum atomic E-state index is 13.0. The number of phosphoric acid groups is 2. The van der Waals surface area contributed by atoms with Crippen LogP contribution >= 0.6 is 15.6 Å². The fourth-order valence-corrected chi connectivity index (χ4v) is 14.0. The molecule has 0 saturated heterocycles. The minimum atomic E-state index is -4.94. The lowest BCUT2D eigenvalue weighted by Gasteiger charge is -2.21. The van der Waals surface area contributed by atoms with Crippen LogP contribution in [0.1, 0.15) is 393 Å². The number of allylic oxidation sites excluding steroid dienone is 22. The summed E-state index contributed by atoms with van der Waals surface area (Å²) in [6.45, 7) is 2.63. The first kappa shape index (κ1) is 109. The number of aliphatic hydroxyl groups excluding tert-OH is 2. The molecule has 4 N–H and O–H groups in total.